The molecule has 4 aromatic carbocycles. The number of alkyl halides is 3. The van der Waals surface area contributed by atoms with Crippen LogP contribution in [0.1, 0.15) is 27.0 Å². The number of carbonyl (C=O) groups excluding carboxylic acids is 1. The van der Waals surface area contributed by atoms with Crippen molar-refractivity contribution in [3.05, 3.63) is 126 Å². The van der Waals surface area contributed by atoms with E-state index in [-0.39, 0.29) is 28.9 Å². The third-order valence-corrected chi connectivity index (χ3v) is 6.15. The maximum atomic E-state index is 13.8. The van der Waals surface area contributed by atoms with E-state index in [4.69, 9.17) is 9.47 Å². The maximum absolute atomic E-state index is 13.8. The SMILES string of the molecule is COc1cccc(COc2cccc(-c3c(C(=O)c4ccccc4)cnc4c(C(F)(F)F)cccc34)c2)c1. The largest absolute Gasteiger partial charge is 0.497 e. The van der Waals surface area contributed by atoms with Gasteiger partial charge in [0.25, 0.3) is 0 Å². The van der Waals surface area contributed by atoms with Gasteiger partial charge in [-0.3, -0.25) is 9.78 Å². The van der Waals surface area contributed by atoms with E-state index in [9.17, 15) is 18.0 Å². The second kappa shape index (κ2) is 10.4. The fourth-order valence-electron chi connectivity index (χ4n) is 4.35. The zero-order valence-corrected chi connectivity index (χ0v) is 20.3. The number of halogens is 3. The van der Waals surface area contributed by atoms with Gasteiger partial charge in [0.15, 0.2) is 5.78 Å². The van der Waals surface area contributed by atoms with Crippen LogP contribution in [0, 0.1) is 0 Å². The van der Waals surface area contributed by atoms with Crippen LogP contribution < -0.4 is 9.47 Å². The monoisotopic (exact) mass is 513 g/mol. The molecule has 0 aliphatic carbocycles. The summed E-state index contributed by atoms with van der Waals surface area (Å²) in [5.41, 5.74) is 1.32. The lowest BCUT2D eigenvalue weighted by molar-refractivity contribution is -0.136. The number of pyridine rings is 1. The molecule has 4 nitrogen and oxygen atoms in total. The van der Waals surface area contributed by atoms with Crippen LogP contribution in [-0.2, 0) is 12.8 Å². The minimum absolute atomic E-state index is 0.202. The lowest BCUT2D eigenvalue weighted by Crippen LogP contribution is -2.09. The smallest absolute Gasteiger partial charge is 0.418 e. The Labute approximate surface area is 217 Å². The van der Waals surface area contributed by atoms with E-state index in [0.29, 0.717) is 28.2 Å². The molecule has 0 radical (unpaired) electrons. The van der Waals surface area contributed by atoms with Crippen molar-refractivity contribution in [1.29, 1.82) is 0 Å². The number of benzene rings is 4. The fourth-order valence-corrected chi connectivity index (χ4v) is 4.35. The van der Waals surface area contributed by atoms with Crippen molar-refractivity contribution in [2.75, 3.05) is 7.11 Å². The Kier molecular flexibility index (Phi) is 6.83. The van der Waals surface area contributed by atoms with Crippen molar-refractivity contribution in [1.82, 2.24) is 4.98 Å². The van der Waals surface area contributed by atoms with Crippen LogP contribution >= 0.6 is 0 Å². The Balaban J connectivity index is 1.63. The van der Waals surface area contributed by atoms with Crippen LogP contribution in [0.5, 0.6) is 11.5 Å². The molecule has 0 bridgehead atoms. The molecular weight excluding hydrogens is 491 g/mol. The van der Waals surface area contributed by atoms with Crippen molar-refractivity contribution in [2.24, 2.45) is 0 Å². The molecule has 1 aromatic heterocycles. The molecule has 0 N–H and O–H groups in total. The molecule has 7 heteroatoms. The Bertz CT molecular complexity index is 1610. The summed E-state index contributed by atoms with van der Waals surface area (Å²) in [6.45, 7) is 0.256. The van der Waals surface area contributed by atoms with Crippen LogP contribution in [0.2, 0.25) is 0 Å². The Morgan fingerprint density at radius 1 is 0.842 bits per heavy atom. The number of hydrogen-bond acceptors (Lipinski definition) is 4. The fraction of sp³-hybridized carbons (Fsp3) is 0.0968. The molecule has 0 unspecified atom stereocenters. The molecule has 0 spiro atoms. The summed E-state index contributed by atoms with van der Waals surface area (Å²) in [5.74, 6) is 0.864. The molecule has 0 aliphatic rings. The van der Waals surface area contributed by atoms with E-state index >= 15 is 0 Å². The Hall–Kier alpha value is -4.65. The molecule has 0 fully saturated rings. The van der Waals surface area contributed by atoms with Crippen LogP contribution in [0.15, 0.2) is 103 Å². The first-order valence-electron chi connectivity index (χ1n) is 11.8. The van der Waals surface area contributed by atoms with Crippen molar-refractivity contribution in [3.63, 3.8) is 0 Å². The van der Waals surface area contributed by atoms with Crippen molar-refractivity contribution >= 4 is 16.7 Å². The number of para-hydroxylation sites is 1. The average Bonchev–Trinajstić information content (AvgIpc) is 2.95. The van der Waals surface area contributed by atoms with E-state index in [0.717, 1.165) is 11.6 Å². The predicted octanol–water partition coefficient (Wildman–Crippen LogP) is 7.74. The third-order valence-electron chi connectivity index (χ3n) is 6.15. The van der Waals surface area contributed by atoms with E-state index in [1.54, 1.807) is 67.8 Å². The second-order valence-electron chi connectivity index (χ2n) is 8.61. The van der Waals surface area contributed by atoms with Crippen molar-refractivity contribution < 1.29 is 27.4 Å². The highest BCUT2D eigenvalue weighted by Gasteiger charge is 2.34. The van der Waals surface area contributed by atoms with E-state index < -0.39 is 11.7 Å². The molecule has 38 heavy (non-hydrogen) atoms. The van der Waals surface area contributed by atoms with Crippen molar-refractivity contribution in [3.8, 4) is 22.6 Å². The van der Waals surface area contributed by atoms with E-state index in [2.05, 4.69) is 4.98 Å². The molecule has 0 atom stereocenters. The Morgan fingerprint density at radius 3 is 2.34 bits per heavy atom. The average molecular weight is 514 g/mol. The quantitative estimate of drug-likeness (QED) is 0.209. The zero-order chi connectivity index (χ0) is 26.7. The van der Waals surface area contributed by atoms with Gasteiger partial charge >= 0.3 is 6.18 Å². The topological polar surface area (TPSA) is 48.4 Å². The maximum Gasteiger partial charge on any atom is 0.418 e. The first kappa shape index (κ1) is 25.0. The highest BCUT2D eigenvalue weighted by Crippen LogP contribution is 2.39. The van der Waals surface area contributed by atoms with Crippen LogP contribution in [-0.4, -0.2) is 17.9 Å². The summed E-state index contributed by atoms with van der Waals surface area (Å²) in [6.07, 6.45) is -3.37. The number of rotatable bonds is 7. The number of nitrogens with zero attached hydrogens (tertiary/aromatic N) is 1. The normalized spacial score (nSPS) is 11.4. The van der Waals surface area contributed by atoms with Gasteiger partial charge in [0.1, 0.15) is 18.1 Å². The standard InChI is InChI=1S/C31H22F3NO3/c1-37-23-12-5-8-20(16-23)19-38-24-13-6-11-22(17-24)28-25-14-7-15-27(31(32,33)34)29(25)35-18-26(28)30(36)21-9-3-2-4-10-21/h2-18H,19H2,1H3. The van der Waals surface area contributed by atoms with E-state index in [1.165, 1.54) is 12.3 Å². The number of ketones is 1. The molecule has 1 heterocycles. The molecule has 5 aromatic rings. The minimum atomic E-state index is -4.60. The van der Waals surface area contributed by atoms with Crippen LogP contribution in [0.25, 0.3) is 22.0 Å². The summed E-state index contributed by atoms with van der Waals surface area (Å²) in [5, 5.41) is 0.228. The summed E-state index contributed by atoms with van der Waals surface area (Å²) >= 11 is 0. The van der Waals surface area contributed by atoms with E-state index in [1.807, 2.05) is 24.3 Å². The van der Waals surface area contributed by atoms with Gasteiger partial charge < -0.3 is 9.47 Å². The molecule has 0 aliphatic heterocycles. The molecule has 0 saturated carbocycles. The molecule has 0 saturated heterocycles. The Morgan fingerprint density at radius 2 is 1.58 bits per heavy atom. The first-order valence-corrected chi connectivity index (χ1v) is 11.8. The molecule has 0 amide bonds. The van der Waals surface area contributed by atoms with Gasteiger partial charge in [0.05, 0.1) is 18.2 Å². The number of methoxy groups -OCH3 is 1. The number of fused-ring (bicyclic) bond motifs is 1. The second-order valence-corrected chi connectivity index (χ2v) is 8.61. The lowest BCUT2D eigenvalue weighted by atomic mass is 9.91. The van der Waals surface area contributed by atoms with Crippen molar-refractivity contribution in [2.45, 2.75) is 12.8 Å². The predicted molar refractivity (Wildman–Crippen MR) is 139 cm³/mol. The van der Waals surface area contributed by atoms with Crippen LogP contribution in [0.3, 0.4) is 0 Å². The van der Waals surface area contributed by atoms with Gasteiger partial charge in [0, 0.05) is 28.3 Å². The number of hydrogen-bond donors (Lipinski definition) is 0. The third kappa shape index (κ3) is 5.09. The highest BCUT2D eigenvalue weighted by molar-refractivity contribution is 6.16. The van der Waals surface area contributed by atoms with Gasteiger partial charge in [-0.25, -0.2) is 0 Å². The number of ether oxygens (including phenoxy) is 2. The number of carbonyl (C=O) groups is 1. The first-order chi connectivity index (χ1) is 18.3. The summed E-state index contributed by atoms with van der Waals surface area (Å²) in [4.78, 5) is 17.6. The molecule has 190 valence electrons. The van der Waals surface area contributed by atoms with Crippen LogP contribution in [0.4, 0.5) is 13.2 Å². The van der Waals surface area contributed by atoms with Gasteiger partial charge in [0.2, 0.25) is 0 Å². The summed E-state index contributed by atoms with van der Waals surface area (Å²) < 4.78 is 52.7. The van der Waals surface area contributed by atoms with Gasteiger partial charge in [-0.2, -0.15) is 13.2 Å². The van der Waals surface area contributed by atoms with Gasteiger partial charge in [-0.05, 0) is 41.5 Å². The molecule has 5 rings (SSSR count). The summed E-state index contributed by atoms with van der Waals surface area (Å²) in [6, 6.07) is 26.9. The summed E-state index contributed by atoms with van der Waals surface area (Å²) in [7, 11) is 1.58. The highest BCUT2D eigenvalue weighted by atomic mass is 19.4. The van der Waals surface area contributed by atoms with Gasteiger partial charge in [-0.15, -0.1) is 0 Å². The molecular formula is C31H22F3NO3. The lowest BCUT2D eigenvalue weighted by Gasteiger charge is -2.16. The minimum Gasteiger partial charge on any atom is -0.497 e. The van der Waals surface area contributed by atoms with Gasteiger partial charge in [-0.1, -0.05) is 66.7 Å². The number of aromatic nitrogens is 1. The zero-order valence-electron chi connectivity index (χ0n) is 20.3.